The van der Waals surface area contributed by atoms with Crippen LogP contribution in [0.5, 0.6) is 0 Å². The molecule has 0 spiro atoms. The third-order valence-corrected chi connectivity index (χ3v) is 2.09. The highest BCUT2D eigenvalue weighted by molar-refractivity contribution is 5.88. The molecule has 4 nitrogen and oxygen atoms in total. The summed E-state index contributed by atoms with van der Waals surface area (Å²) in [6, 6.07) is 5.26. The van der Waals surface area contributed by atoms with Crippen molar-refractivity contribution in [3.63, 3.8) is 0 Å². The molecule has 1 N–H and O–H groups in total. The van der Waals surface area contributed by atoms with Crippen molar-refractivity contribution < 1.29 is 9.90 Å². The summed E-state index contributed by atoms with van der Waals surface area (Å²) in [6.45, 7) is 1.86. The van der Waals surface area contributed by atoms with E-state index >= 15 is 0 Å². The fourth-order valence-corrected chi connectivity index (χ4v) is 1.33. The first kappa shape index (κ1) is 11.2. The maximum atomic E-state index is 10.8. The van der Waals surface area contributed by atoms with Gasteiger partial charge < -0.3 is 5.11 Å². The van der Waals surface area contributed by atoms with Gasteiger partial charge in [-0.1, -0.05) is 6.92 Å². The van der Waals surface area contributed by atoms with E-state index in [1.807, 2.05) is 13.0 Å². The number of aryl methyl sites for hydroxylation is 2. The molecule has 0 amide bonds. The topological polar surface area (TPSA) is 74.0 Å². The zero-order valence-corrected chi connectivity index (χ0v) is 8.53. The van der Waals surface area contributed by atoms with Crippen LogP contribution >= 0.6 is 0 Å². The molecule has 0 atom stereocenters. The lowest BCUT2D eigenvalue weighted by Gasteiger charge is -2.04. The standard InChI is InChI=1S/C11H12N2O2/c1-2-10-9(11(14)15)6-5-8(13-10)4-3-7-12/h5-6H,2-4H2,1H3,(H,14,15). The van der Waals surface area contributed by atoms with E-state index in [9.17, 15) is 4.79 Å². The van der Waals surface area contributed by atoms with Crippen LogP contribution in [0.25, 0.3) is 0 Å². The summed E-state index contributed by atoms with van der Waals surface area (Å²) in [5.74, 6) is -0.953. The van der Waals surface area contributed by atoms with Crippen LogP contribution in [0.4, 0.5) is 0 Å². The van der Waals surface area contributed by atoms with Gasteiger partial charge in [0.15, 0.2) is 0 Å². The van der Waals surface area contributed by atoms with Gasteiger partial charge >= 0.3 is 5.97 Å². The van der Waals surface area contributed by atoms with Gasteiger partial charge in [-0.3, -0.25) is 4.98 Å². The first-order valence-electron chi connectivity index (χ1n) is 4.78. The fraction of sp³-hybridized carbons (Fsp3) is 0.364. The number of pyridine rings is 1. The molecule has 0 unspecified atom stereocenters. The van der Waals surface area contributed by atoms with Crippen LogP contribution in [0.2, 0.25) is 0 Å². The van der Waals surface area contributed by atoms with Gasteiger partial charge in [-0.05, 0) is 18.6 Å². The second-order valence-corrected chi connectivity index (χ2v) is 3.11. The highest BCUT2D eigenvalue weighted by atomic mass is 16.4. The largest absolute Gasteiger partial charge is 0.478 e. The van der Waals surface area contributed by atoms with Gasteiger partial charge in [-0.15, -0.1) is 0 Å². The molecule has 1 rings (SSSR count). The predicted octanol–water partition coefficient (Wildman–Crippen LogP) is 1.80. The molecule has 0 saturated heterocycles. The minimum Gasteiger partial charge on any atom is -0.478 e. The van der Waals surface area contributed by atoms with Gasteiger partial charge in [-0.2, -0.15) is 5.26 Å². The molecular formula is C11H12N2O2. The summed E-state index contributed by atoms with van der Waals surface area (Å²) in [6.07, 6.45) is 1.56. The van der Waals surface area contributed by atoms with Crippen molar-refractivity contribution in [3.8, 4) is 6.07 Å². The number of carbonyl (C=O) groups is 1. The van der Waals surface area contributed by atoms with Gasteiger partial charge in [0.1, 0.15) is 0 Å². The SMILES string of the molecule is CCc1nc(CCC#N)ccc1C(=O)O. The normalized spacial score (nSPS) is 9.60. The lowest BCUT2D eigenvalue weighted by molar-refractivity contribution is 0.0695. The summed E-state index contributed by atoms with van der Waals surface area (Å²) >= 11 is 0. The van der Waals surface area contributed by atoms with Gasteiger partial charge in [0.25, 0.3) is 0 Å². The average molecular weight is 204 g/mol. The van der Waals surface area contributed by atoms with Crippen molar-refractivity contribution >= 4 is 5.97 Å². The minimum absolute atomic E-state index is 0.248. The van der Waals surface area contributed by atoms with Crippen molar-refractivity contribution in [3.05, 3.63) is 29.1 Å². The summed E-state index contributed by atoms with van der Waals surface area (Å²) in [5.41, 5.74) is 1.61. The lowest BCUT2D eigenvalue weighted by Crippen LogP contribution is -2.06. The number of carboxylic acid groups (broad SMARTS) is 1. The van der Waals surface area contributed by atoms with Crippen LogP contribution in [0.3, 0.4) is 0 Å². The number of hydrogen-bond donors (Lipinski definition) is 1. The van der Waals surface area contributed by atoms with E-state index in [4.69, 9.17) is 10.4 Å². The molecule has 0 radical (unpaired) electrons. The molecule has 4 heteroatoms. The van der Waals surface area contributed by atoms with Gasteiger partial charge in [0.05, 0.1) is 17.3 Å². The van der Waals surface area contributed by atoms with Crippen molar-refractivity contribution in [2.75, 3.05) is 0 Å². The van der Waals surface area contributed by atoms with E-state index in [2.05, 4.69) is 4.98 Å². The number of aromatic nitrogens is 1. The highest BCUT2D eigenvalue weighted by Gasteiger charge is 2.10. The van der Waals surface area contributed by atoms with E-state index in [-0.39, 0.29) is 5.56 Å². The van der Waals surface area contributed by atoms with Crippen molar-refractivity contribution in [2.24, 2.45) is 0 Å². The Bertz CT molecular complexity index is 408. The summed E-state index contributed by atoms with van der Waals surface area (Å²) in [4.78, 5) is 15.0. The lowest BCUT2D eigenvalue weighted by atomic mass is 10.1. The molecule has 1 aromatic heterocycles. The monoisotopic (exact) mass is 204 g/mol. The zero-order chi connectivity index (χ0) is 11.3. The van der Waals surface area contributed by atoms with E-state index in [0.717, 1.165) is 5.69 Å². The first-order chi connectivity index (χ1) is 7.19. The van der Waals surface area contributed by atoms with Crippen molar-refractivity contribution in [2.45, 2.75) is 26.2 Å². The van der Waals surface area contributed by atoms with Crippen LogP contribution in [0.1, 0.15) is 35.1 Å². The number of rotatable bonds is 4. The van der Waals surface area contributed by atoms with Crippen LogP contribution < -0.4 is 0 Å². The van der Waals surface area contributed by atoms with Crippen LogP contribution in [0, 0.1) is 11.3 Å². The van der Waals surface area contributed by atoms with Crippen LogP contribution in [-0.2, 0) is 12.8 Å². The van der Waals surface area contributed by atoms with Gasteiger partial charge in [0.2, 0.25) is 0 Å². The van der Waals surface area contributed by atoms with Gasteiger partial charge in [-0.25, -0.2) is 4.79 Å². The Morgan fingerprint density at radius 2 is 2.33 bits per heavy atom. The molecule has 0 fully saturated rings. The third kappa shape index (κ3) is 2.78. The molecule has 0 aromatic carbocycles. The van der Waals surface area contributed by atoms with E-state index in [0.29, 0.717) is 25.0 Å². The van der Waals surface area contributed by atoms with E-state index in [1.165, 1.54) is 0 Å². The molecule has 0 aliphatic rings. The molecule has 15 heavy (non-hydrogen) atoms. The van der Waals surface area contributed by atoms with E-state index < -0.39 is 5.97 Å². The van der Waals surface area contributed by atoms with Crippen LogP contribution in [0.15, 0.2) is 12.1 Å². The third-order valence-electron chi connectivity index (χ3n) is 2.09. The minimum atomic E-state index is -0.953. The molecule has 1 heterocycles. The van der Waals surface area contributed by atoms with Gasteiger partial charge in [0, 0.05) is 18.5 Å². The average Bonchev–Trinajstić information content (AvgIpc) is 2.25. The molecule has 1 aromatic rings. The van der Waals surface area contributed by atoms with Crippen LogP contribution in [-0.4, -0.2) is 16.1 Å². The molecule has 0 saturated carbocycles. The molecule has 0 bridgehead atoms. The molecular weight excluding hydrogens is 192 g/mol. The maximum Gasteiger partial charge on any atom is 0.337 e. The Hall–Kier alpha value is -1.89. The summed E-state index contributed by atoms with van der Waals surface area (Å²) in [7, 11) is 0. The van der Waals surface area contributed by atoms with E-state index in [1.54, 1.807) is 12.1 Å². The molecule has 78 valence electrons. The number of carboxylic acids is 1. The Labute approximate surface area is 88.2 Å². The second-order valence-electron chi connectivity index (χ2n) is 3.11. The Morgan fingerprint density at radius 3 is 2.87 bits per heavy atom. The summed E-state index contributed by atoms with van der Waals surface area (Å²) in [5, 5.41) is 17.3. The Morgan fingerprint density at radius 1 is 1.60 bits per heavy atom. The molecule has 0 aliphatic carbocycles. The maximum absolute atomic E-state index is 10.8. The quantitative estimate of drug-likeness (QED) is 0.811. The second kappa shape index (κ2) is 5.11. The first-order valence-corrected chi connectivity index (χ1v) is 4.78. The number of aromatic carboxylic acids is 1. The highest BCUT2D eigenvalue weighted by Crippen LogP contribution is 2.10. The summed E-state index contributed by atoms with van der Waals surface area (Å²) < 4.78 is 0. The number of nitrogens with zero attached hydrogens (tertiary/aromatic N) is 2. The Kier molecular flexibility index (Phi) is 3.81. The zero-order valence-electron chi connectivity index (χ0n) is 8.53. The number of nitriles is 1. The number of hydrogen-bond acceptors (Lipinski definition) is 3. The van der Waals surface area contributed by atoms with Crippen molar-refractivity contribution in [1.29, 1.82) is 5.26 Å². The smallest absolute Gasteiger partial charge is 0.337 e. The predicted molar refractivity (Wildman–Crippen MR) is 54.5 cm³/mol. The molecule has 0 aliphatic heterocycles. The van der Waals surface area contributed by atoms with Crippen molar-refractivity contribution in [1.82, 2.24) is 4.98 Å². The Balaban J connectivity index is 2.98. The fourth-order valence-electron chi connectivity index (χ4n) is 1.33.